The number of aryl methyl sites for hydroxylation is 1. The number of rotatable bonds is 4. The molecule has 6 heteroatoms. The highest BCUT2D eigenvalue weighted by Crippen LogP contribution is 2.26. The maximum absolute atomic E-state index is 5.56. The monoisotopic (exact) mass is 300 g/mol. The van der Waals surface area contributed by atoms with Gasteiger partial charge in [0, 0.05) is 24.5 Å². The Kier molecular flexibility index (Phi) is 3.75. The van der Waals surface area contributed by atoms with E-state index in [1.165, 1.54) is 4.88 Å². The Balaban J connectivity index is 2.12. The highest BCUT2D eigenvalue weighted by atomic mass is 79.9. The lowest BCUT2D eigenvalue weighted by Crippen LogP contribution is -2.29. The molecule has 4 nitrogen and oxygen atoms in total. The van der Waals surface area contributed by atoms with E-state index in [0.717, 1.165) is 15.9 Å². The first kappa shape index (κ1) is 11.8. The fourth-order valence-corrected chi connectivity index (χ4v) is 3.06. The number of nitrogens with two attached hydrogens (primary N) is 1. The molecule has 0 saturated heterocycles. The van der Waals surface area contributed by atoms with E-state index in [1.54, 1.807) is 16.0 Å². The number of thiophene rings is 1. The van der Waals surface area contributed by atoms with Crippen molar-refractivity contribution in [1.29, 1.82) is 0 Å². The van der Waals surface area contributed by atoms with Crippen molar-refractivity contribution in [2.75, 3.05) is 0 Å². The Morgan fingerprint density at radius 3 is 2.88 bits per heavy atom. The third kappa shape index (κ3) is 2.70. The summed E-state index contributed by atoms with van der Waals surface area (Å²) in [5.41, 5.74) is 3.77. The van der Waals surface area contributed by atoms with Gasteiger partial charge in [-0.25, -0.2) is 0 Å². The summed E-state index contributed by atoms with van der Waals surface area (Å²) in [5.74, 6) is 5.56. The Bertz CT molecular complexity index is 465. The Morgan fingerprint density at radius 1 is 1.56 bits per heavy atom. The molecular weight excluding hydrogens is 288 g/mol. The minimum absolute atomic E-state index is 0.0618. The number of hydrazine groups is 1. The fraction of sp³-hybridized carbons (Fsp3) is 0.300. The van der Waals surface area contributed by atoms with Gasteiger partial charge in [-0.05, 0) is 34.1 Å². The van der Waals surface area contributed by atoms with Crippen molar-refractivity contribution in [3.63, 3.8) is 0 Å². The van der Waals surface area contributed by atoms with Crippen LogP contribution < -0.4 is 11.3 Å². The van der Waals surface area contributed by atoms with E-state index in [0.29, 0.717) is 0 Å². The molecule has 1 atom stereocenters. The van der Waals surface area contributed by atoms with E-state index in [-0.39, 0.29) is 6.04 Å². The first-order valence-corrected chi connectivity index (χ1v) is 6.50. The minimum Gasteiger partial charge on any atom is -0.275 e. The fourth-order valence-electron chi connectivity index (χ4n) is 1.53. The molecule has 0 saturated carbocycles. The summed E-state index contributed by atoms with van der Waals surface area (Å²) in [6.45, 7) is 0. The summed E-state index contributed by atoms with van der Waals surface area (Å²) >= 11 is 5.17. The lowest BCUT2D eigenvalue weighted by molar-refractivity contribution is 0.532. The second-order valence-electron chi connectivity index (χ2n) is 3.54. The second kappa shape index (κ2) is 5.09. The maximum atomic E-state index is 5.56. The summed E-state index contributed by atoms with van der Waals surface area (Å²) < 4.78 is 2.92. The van der Waals surface area contributed by atoms with Crippen molar-refractivity contribution in [1.82, 2.24) is 15.2 Å². The van der Waals surface area contributed by atoms with Crippen molar-refractivity contribution in [2.24, 2.45) is 12.9 Å². The summed E-state index contributed by atoms with van der Waals surface area (Å²) in [4.78, 5) is 1.28. The molecule has 2 rings (SSSR count). The molecule has 0 fully saturated rings. The average molecular weight is 301 g/mol. The molecule has 2 heterocycles. The maximum Gasteiger partial charge on any atom is 0.0811 e. The van der Waals surface area contributed by atoms with Gasteiger partial charge in [-0.1, -0.05) is 0 Å². The van der Waals surface area contributed by atoms with E-state index in [4.69, 9.17) is 5.84 Å². The largest absolute Gasteiger partial charge is 0.275 e. The van der Waals surface area contributed by atoms with Gasteiger partial charge in [-0.15, -0.1) is 11.3 Å². The van der Waals surface area contributed by atoms with Crippen molar-refractivity contribution >= 4 is 27.3 Å². The zero-order valence-electron chi connectivity index (χ0n) is 8.85. The molecule has 86 valence electrons. The zero-order valence-corrected chi connectivity index (χ0v) is 11.3. The van der Waals surface area contributed by atoms with Crippen LogP contribution >= 0.6 is 27.3 Å². The van der Waals surface area contributed by atoms with Crippen LogP contribution in [-0.2, 0) is 13.5 Å². The van der Waals surface area contributed by atoms with Crippen LogP contribution in [0.4, 0.5) is 0 Å². The van der Waals surface area contributed by atoms with Gasteiger partial charge in [-0.2, -0.15) is 5.10 Å². The molecule has 16 heavy (non-hydrogen) atoms. The first-order chi connectivity index (χ1) is 7.69. The van der Waals surface area contributed by atoms with Gasteiger partial charge in [0.25, 0.3) is 0 Å². The van der Waals surface area contributed by atoms with Crippen LogP contribution in [0.15, 0.2) is 28.2 Å². The molecule has 0 spiro atoms. The van der Waals surface area contributed by atoms with Crippen LogP contribution in [0.25, 0.3) is 0 Å². The zero-order chi connectivity index (χ0) is 11.5. The van der Waals surface area contributed by atoms with Gasteiger partial charge in [0.05, 0.1) is 15.5 Å². The average Bonchev–Trinajstić information content (AvgIpc) is 2.84. The SMILES string of the molecule is Cn1ccc(C(Cc2ccc(Br)s2)NN)n1. The third-order valence-electron chi connectivity index (χ3n) is 2.33. The quantitative estimate of drug-likeness (QED) is 0.671. The molecule has 0 aliphatic heterocycles. The molecule has 0 aliphatic carbocycles. The summed E-state index contributed by atoms with van der Waals surface area (Å²) in [5, 5.41) is 4.35. The van der Waals surface area contributed by atoms with Crippen LogP contribution in [0.2, 0.25) is 0 Å². The van der Waals surface area contributed by atoms with Gasteiger partial charge in [0.2, 0.25) is 0 Å². The topological polar surface area (TPSA) is 55.9 Å². The van der Waals surface area contributed by atoms with Gasteiger partial charge < -0.3 is 0 Å². The number of hydrogen-bond acceptors (Lipinski definition) is 4. The van der Waals surface area contributed by atoms with E-state index in [9.17, 15) is 0 Å². The molecule has 3 N–H and O–H groups in total. The Hall–Kier alpha value is -0.690. The van der Waals surface area contributed by atoms with Gasteiger partial charge >= 0.3 is 0 Å². The lowest BCUT2D eigenvalue weighted by Gasteiger charge is -2.11. The molecule has 1 unspecified atom stereocenters. The molecule has 0 radical (unpaired) electrons. The van der Waals surface area contributed by atoms with Crippen molar-refractivity contribution in [3.05, 3.63) is 38.8 Å². The summed E-state index contributed by atoms with van der Waals surface area (Å²) in [6.07, 6.45) is 2.77. The van der Waals surface area contributed by atoms with Crippen molar-refractivity contribution in [3.8, 4) is 0 Å². The molecule has 0 bridgehead atoms. The van der Waals surface area contributed by atoms with Gasteiger partial charge in [0.1, 0.15) is 0 Å². The van der Waals surface area contributed by atoms with E-state index >= 15 is 0 Å². The summed E-state index contributed by atoms with van der Waals surface area (Å²) in [7, 11) is 1.90. The lowest BCUT2D eigenvalue weighted by atomic mass is 10.1. The van der Waals surface area contributed by atoms with E-state index in [1.807, 2.05) is 25.4 Å². The smallest absolute Gasteiger partial charge is 0.0811 e. The number of nitrogens with zero attached hydrogens (tertiary/aromatic N) is 2. The van der Waals surface area contributed by atoms with Crippen LogP contribution in [0.1, 0.15) is 16.6 Å². The van der Waals surface area contributed by atoms with Gasteiger partial charge in [-0.3, -0.25) is 16.0 Å². The molecule has 2 aromatic rings. The van der Waals surface area contributed by atoms with Gasteiger partial charge in [0.15, 0.2) is 0 Å². The number of nitrogens with one attached hydrogen (secondary N) is 1. The van der Waals surface area contributed by atoms with Crippen molar-refractivity contribution in [2.45, 2.75) is 12.5 Å². The Labute approximate surface area is 107 Å². The third-order valence-corrected chi connectivity index (χ3v) is 3.97. The first-order valence-electron chi connectivity index (χ1n) is 4.89. The van der Waals surface area contributed by atoms with Crippen molar-refractivity contribution < 1.29 is 0 Å². The van der Waals surface area contributed by atoms with E-state index < -0.39 is 0 Å². The Morgan fingerprint density at radius 2 is 2.38 bits per heavy atom. The summed E-state index contributed by atoms with van der Waals surface area (Å²) in [6, 6.07) is 6.19. The van der Waals surface area contributed by atoms with Crippen LogP contribution in [0, 0.1) is 0 Å². The number of aromatic nitrogens is 2. The molecular formula is C10H13BrN4S. The molecule has 2 aromatic heterocycles. The van der Waals surface area contributed by atoms with Crippen LogP contribution in [-0.4, -0.2) is 9.78 Å². The second-order valence-corrected chi connectivity index (χ2v) is 6.09. The molecule has 0 aliphatic rings. The molecule has 0 amide bonds. The van der Waals surface area contributed by atoms with Crippen LogP contribution in [0.5, 0.6) is 0 Å². The number of halogens is 1. The van der Waals surface area contributed by atoms with E-state index in [2.05, 4.69) is 32.5 Å². The standard InChI is InChI=1S/C10H13BrN4S/c1-15-5-4-8(14-15)9(13-12)6-7-2-3-10(11)16-7/h2-5,9,13H,6,12H2,1H3. The van der Waals surface area contributed by atoms with Crippen LogP contribution in [0.3, 0.4) is 0 Å². The highest BCUT2D eigenvalue weighted by molar-refractivity contribution is 9.11. The molecule has 0 aromatic carbocycles. The predicted molar refractivity (Wildman–Crippen MR) is 69.0 cm³/mol. The minimum atomic E-state index is 0.0618. The number of hydrogen-bond donors (Lipinski definition) is 2. The normalized spacial score (nSPS) is 12.9. The highest BCUT2D eigenvalue weighted by Gasteiger charge is 2.14. The predicted octanol–water partition coefficient (Wildman–Crippen LogP) is 1.99.